The van der Waals surface area contributed by atoms with E-state index < -0.39 is 6.04 Å². The Morgan fingerprint density at radius 2 is 1.95 bits per heavy atom. The lowest BCUT2D eigenvalue weighted by Crippen LogP contribution is -2.47. The lowest BCUT2D eigenvalue weighted by atomic mass is 10.1. The van der Waals surface area contributed by atoms with Gasteiger partial charge in [-0.15, -0.1) is 0 Å². The van der Waals surface area contributed by atoms with Crippen molar-refractivity contribution in [2.24, 2.45) is 0 Å². The molecule has 0 spiro atoms. The molecular weight excluding hydrogens is 283 g/mol. The molecule has 1 aromatic carbocycles. The Bertz CT molecular complexity index is 505. The van der Waals surface area contributed by atoms with Crippen LogP contribution in [0.4, 0.5) is 4.39 Å². The van der Waals surface area contributed by atoms with Crippen LogP contribution >= 0.6 is 0 Å². The van der Waals surface area contributed by atoms with E-state index in [0.29, 0.717) is 12.1 Å². The van der Waals surface area contributed by atoms with Crippen LogP contribution in [-0.4, -0.2) is 29.3 Å². The van der Waals surface area contributed by atoms with Crippen molar-refractivity contribution in [1.82, 2.24) is 10.2 Å². The quantitative estimate of drug-likeness (QED) is 0.751. The molecule has 0 unspecified atom stereocenters. The van der Waals surface area contributed by atoms with Gasteiger partial charge < -0.3 is 10.2 Å². The van der Waals surface area contributed by atoms with Gasteiger partial charge in [0.1, 0.15) is 11.9 Å². The van der Waals surface area contributed by atoms with Gasteiger partial charge in [-0.2, -0.15) is 0 Å². The maximum absolute atomic E-state index is 13.8. The average molecular weight is 308 g/mol. The standard InChI is InChI=1S/C17H25FN2O2/c1-4-6-11-19-17(22)13(3)20(16(21)5-2)12-14-9-7-8-10-15(14)18/h7-10,13H,4-6,11-12H2,1-3H3,(H,19,22)/t13-/m0/s1. The minimum absolute atomic E-state index is 0.0989. The van der Waals surface area contributed by atoms with Gasteiger partial charge in [-0.05, 0) is 19.4 Å². The third-order valence-electron chi connectivity index (χ3n) is 3.60. The van der Waals surface area contributed by atoms with E-state index in [2.05, 4.69) is 5.32 Å². The van der Waals surface area contributed by atoms with Crippen LogP contribution in [-0.2, 0) is 16.1 Å². The number of hydrogen-bond acceptors (Lipinski definition) is 2. The Kier molecular flexibility index (Phi) is 7.57. The van der Waals surface area contributed by atoms with Crippen molar-refractivity contribution in [2.45, 2.75) is 52.6 Å². The predicted molar refractivity (Wildman–Crippen MR) is 84.6 cm³/mol. The number of nitrogens with zero attached hydrogens (tertiary/aromatic N) is 1. The van der Waals surface area contributed by atoms with Crippen molar-refractivity contribution < 1.29 is 14.0 Å². The number of carbonyl (C=O) groups is 2. The highest BCUT2D eigenvalue weighted by atomic mass is 19.1. The molecule has 1 rings (SSSR count). The summed E-state index contributed by atoms with van der Waals surface area (Å²) >= 11 is 0. The molecule has 0 aliphatic rings. The Labute approximate surface area is 131 Å². The van der Waals surface area contributed by atoms with E-state index in [1.54, 1.807) is 32.0 Å². The second-order valence-electron chi connectivity index (χ2n) is 5.29. The number of amides is 2. The van der Waals surface area contributed by atoms with Crippen LogP contribution in [0.2, 0.25) is 0 Å². The normalized spacial score (nSPS) is 11.8. The van der Waals surface area contributed by atoms with Crippen molar-refractivity contribution in [3.63, 3.8) is 0 Å². The number of halogens is 1. The number of nitrogens with one attached hydrogen (secondary N) is 1. The number of unbranched alkanes of at least 4 members (excludes halogenated alkanes) is 1. The Morgan fingerprint density at radius 3 is 2.55 bits per heavy atom. The minimum atomic E-state index is -0.621. The fourth-order valence-corrected chi connectivity index (χ4v) is 2.13. The summed E-state index contributed by atoms with van der Waals surface area (Å²) in [5.41, 5.74) is 0.414. The van der Waals surface area contributed by atoms with Crippen LogP contribution < -0.4 is 5.32 Å². The van der Waals surface area contributed by atoms with Gasteiger partial charge in [0, 0.05) is 25.1 Å². The number of rotatable bonds is 8. The summed E-state index contributed by atoms with van der Waals surface area (Å²) in [6, 6.07) is 5.69. The largest absolute Gasteiger partial charge is 0.354 e. The minimum Gasteiger partial charge on any atom is -0.354 e. The molecule has 2 amide bonds. The molecule has 5 heteroatoms. The van der Waals surface area contributed by atoms with E-state index in [4.69, 9.17) is 0 Å². The second kappa shape index (κ2) is 9.18. The van der Waals surface area contributed by atoms with Gasteiger partial charge in [0.25, 0.3) is 0 Å². The molecule has 22 heavy (non-hydrogen) atoms. The second-order valence-corrected chi connectivity index (χ2v) is 5.29. The van der Waals surface area contributed by atoms with Crippen molar-refractivity contribution >= 4 is 11.8 Å². The lowest BCUT2D eigenvalue weighted by molar-refractivity contribution is -0.140. The first kappa shape index (κ1) is 18.1. The molecular formula is C17H25FN2O2. The van der Waals surface area contributed by atoms with Gasteiger partial charge in [-0.25, -0.2) is 4.39 Å². The number of benzene rings is 1. The number of hydrogen-bond donors (Lipinski definition) is 1. The van der Waals surface area contributed by atoms with Gasteiger partial charge in [0.05, 0.1) is 0 Å². The van der Waals surface area contributed by atoms with E-state index in [0.717, 1.165) is 12.8 Å². The maximum atomic E-state index is 13.8. The predicted octanol–water partition coefficient (Wildman–Crippen LogP) is 2.87. The molecule has 1 aromatic rings. The smallest absolute Gasteiger partial charge is 0.242 e. The third kappa shape index (κ3) is 5.13. The van der Waals surface area contributed by atoms with Crippen LogP contribution in [0.15, 0.2) is 24.3 Å². The highest BCUT2D eigenvalue weighted by molar-refractivity contribution is 5.87. The molecule has 0 radical (unpaired) electrons. The molecule has 0 aliphatic carbocycles. The van der Waals surface area contributed by atoms with Gasteiger partial charge in [0.2, 0.25) is 11.8 Å². The molecule has 0 saturated heterocycles. The zero-order chi connectivity index (χ0) is 16.5. The first-order chi connectivity index (χ1) is 10.5. The molecule has 0 fully saturated rings. The van der Waals surface area contributed by atoms with E-state index in [1.807, 2.05) is 6.92 Å². The van der Waals surface area contributed by atoms with E-state index in [-0.39, 0.29) is 30.6 Å². The summed E-state index contributed by atoms with van der Waals surface area (Å²) < 4.78 is 13.8. The molecule has 0 saturated carbocycles. The SMILES string of the molecule is CCCCNC(=O)[C@H](C)N(Cc1ccccc1F)C(=O)CC. The van der Waals surface area contributed by atoms with Crippen LogP contribution in [0.25, 0.3) is 0 Å². The number of carbonyl (C=O) groups excluding carboxylic acids is 2. The van der Waals surface area contributed by atoms with Crippen LogP contribution in [0, 0.1) is 5.82 Å². The molecule has 4 nitrogen and oxygen atoms in total. The summed E-state index contributed by atoms with van der Waals surface area (Å²) in [5, 5.41) is 2.82. The summed E-state index contributed by atoms with van der Waals surface area (Å²) in [7, 11) is 0. The van der Waals surface area contributed by atoms with E-state index in [1.165, 1.54) is 11.0 Å². The van der Waals surface area contributed by atoms with Gasteiger partial charge in [-0.3, -0.25) is 9.59 Å². The fourth-order valence-electron chi connectivity index (χ4n) is 2.13. The van der Waals surface area contributed by atoms with Gasteiger partial charge in [0.15, 0.2) is 0 Å². The van der Waals surface area contributed by atoms with Crippen molar-refractivity contribution in [3.05, 3.63) is 35.6 Å². The highest BCUT2D eigenvalue weighted by Gasteiger charge is 2.25. The summed E-state index contributed by atoms with van der Waals surface area (Å²) in [6.07, 6.45) is 2.16. The highest BCUT2D eigenvalue weighted by Crippen LogP contribution is 2.13. The molecule has 0 aliphatic heterocycles. The van der Waals surface area contributed by atoms with Crippen molar-refractivity contribution in [3.8, 4) is 0 Å². The van der Waals surface area contributed by atoms with Crippen molar-refractivity contribution in [1.29, 1.82) is 0 Å². The van der Waals surface area contributed by atoms with Gasteiger partial charge in [-0.1, -0.05) is 38.5 Å². The first-order valence-electron chi connectivity index (χ1n) is 7.81. The molecule has 1 N–H and O–H groups in total. The molecule has 0 heterocycles. The fraction of sp³-hybridized carbons (Fsp3) is 0.529. The lowest BCUT2D eigenvalue weighted by Gasteiger charge is -2.28. The Balaban J connectivity index is 2.82. The van der Waals surface area contributed by atoms with Crippen LogP contribution in [0.5, 0.6) is 0 Å². The first-order valence-corrected chi connectivity index (χ1v) is 7.81. The summed E-state index contributed by atoms with van der Waals surface area (Å²) in [4.78, 5) is 25.7. The molecule has 1 atom stereocenters. The maximum Gasteiger partial charge on any atom is 0.242 e. The van der Waals surface area contributed by atoms with Crippen LogP contribution in [0.1, 0.15) is 45.6 Å². The zero-order valence-corrected chi connectivity index (χ0v) is 13.6. The Morgan fingerprint density at radius 1 is 1.27 bits per heavy atom. The van der Waals surface area contributed by atoms with Crippen molar-refractivity contribution in [2.75, 3.05) is 6.54 Å². The van der Waals surface area contributed by atoms with Crippen LogP contribution in [0.3, 0.4) is 0 Å². The van der Waals surface area contributed by atoms with E-state index >= 15 is 0 Å². The third-order valence-corrected chi connectivity index (χ3v) is 3.60. The topological polar surface area (TPSA) is 49.4 Å². The molecule has 0 aromatic heterocycles. The monoisotopic (exact) mass is 308 g/mol. The average Bonchev–Trinajstić information content (AvgIpc) is 2.53. The Hall–Kier alpha value is -1.91. The van der Waals surface area contributed by atoms with Gasteiger partial charge >= 0.3 is 0 Å². The molecule has 0 bridgehead atoms. The summed E-state index contributed by atoms with van der Waals surface area (Å²) in [6.45, 7) is 6.14. The summed E-state index contributed by atoms with van der Waals surface area (Å²) in [5.74, 6) is -0.733. The zero-order valence-electron chi connectivity index (χ0n) is 13.6. The van der Waals surface area contributed by atoms with E-state index in [9.17, 15) is 14.0 Å². The molecule has 122 valence electrons.